The van der Waals surface area contributed by atoms with Crippen LogP contribution in [0.3, 0.4) is 0 Å². The van der Waals surface area contributed by atoms with E-state index in [1.165, 1.54) is 12.1 Å². The van der Waals surface area contributed by atoms with Gasteiger partial charge in [-0.1, -0.05) is 21.1 Å². The molecule has 0 N–H and O–H groups in total. The lowest BCUT2D eigenvalue weighted by atomic mass is 10.1. The molecule has 0 unspecified atom stereocenters. The minimum atomic E-state index is -0.520. The predicted molar refractivity (Wildman–Crippen MR) is 112 cm³/mol. The first-order valence-electron chi connectivity index (χ1n) is 9.47. The van der Waals surface area contributed by atoms with Crippen molar-refractivity contribution in [1.29, 1.82) is 0 Å². The molecule has 1 aliphatic heterocycles. The van der Waals surface area contributed by atoms with Gasteiger partial charge in [-0.2, -0.15) is 4.98 Å². The van der Waals surface area contributed by atoms with Crippen LogP contribution in [0.5, 0.6) is 5.75 Å². The number of piperazine rings is 1. The number of hydrogen-bond acceptors (Lipinski definition) is 6. The molecule has 1 aromatic heterocycles. The number of ether oxygens (including phenoxy) is 1. The van der Waals surface area contributed by atoms with Gasteiger partial charge in [0.2, 0.25) is 11.7 Å². The Kier molecular flexibility index (Phi) is 6.10. The lowest BCUT2D eigenvalue weighted by Gasteiger charge is -2.34. The molecule has 2 heterocycles. The highest BCUT2D eigenvalue weighted by Crippen LogP contribution is 2.21. The summed E-state index contributed by atoms with van der Waals surface area (Å²) in [5, 5.41) is 4.04. The standard InChI is InChI=1S/C21H20BrFN4O3/c1-29-16-5-2-14(3-6-16)20-24-19(30-25-20)13-26-8-10-27(11-9-26)21(28)17-7-4-15(22)12-18(17)23/h2-7,12H,8-11,13H2,1H3. The summed E-state index contributed by atoms with van der Waals surface area (Å²) in [4.78, 5) is 20.9. The molecule has 0 radical (unpaired) electrons. The molecule has 1 aliphatic rings. The molecule has 9 heteroatoms. The number of carbonyl (C=O) groups excluding carboxylic acids is 1. The summed E-state index contributed by atoms with van der Waals surface area (Å²) in [5.41, 5.74) is 0.936. The van der Waals surface area contributed by atoms with Gasteiger partial charge in [0.25, 0.3) is 5.91 Å². The van der Waals surface area contributed by atoms with Gasteiger partial charge in [-0.15, -0.1) is 0 Å². The highest BCUT2D eigenvalue weighted by molar-refractivity contribution is 9.10. The van der Waals surface area contributed by atoms with E-state index in [1.807, 2.05) is 24.3 Å². The van der Waals surface area contributed by atoms with E-state index in [-0.39, 0.29) is 11.5 Å². The third-order valence-corrected chi connectivity index (χ3v) is 5.49. The highest BCUT2D eigenvalue weighted by atomic mass is 79.9. The van der Waals surface area contributed by atoms with E-state index in [4.69, 9.17) is 9.26 Å². The van der Waals surface area contributed by atoms with Gasteiger partial charge in [0.1, 0.15) is 11.6 Å². The van der Waals surface area contributed by atoms with Crippen LogP contribution in [0.4, 0.5) is 4.39 Å². The number of hydrogen-bond donors (Lipinski definition) is 0. The number of methoxy groups -OCH3 is 1. The summed E-state index contributed by atoms with van der Waals surface area (Å²) in [5.74, 6) is 0.984. The largest absolute Gasteiger partial charge is 0.497 e. The second-order valence-electron chi connectivity index (χ2n) is 6.93. The zero-order chi connectivity index (χ0) is 21.1. The first-order chi connectivity index (χ1) is 14.5. The zero-order valence-corrected chi connectivity index (χ0v) is 17.9. The van der Waals surface area contributed by atoms with Crippen molar-refractivity contribution < 1.29 is 18.4 Å². The van der Waals surface area contributed by atoms with Gasteiger partial charge >= 0.3 is 0 Å². The molecule has 4 rings (SSSR count). The number of benzene rings is 2. The van der Waals surface area contributed by atoms with Crippen LogP contribution in [0.2, 0.25) is 0 Å². The minimum absolute atomic E-state index is 0.0904. The van der Waals surface area contributed by atoms with Gasteiger partial charge < -0.3 is 14.2 Å². The van der Waals surface area contributed by atoms with Crippen molar-refractivity contribution in [3.63, 3.8) is 0 Å². The average Bonchev–Trinajstić information content (AvgIpc) is 3.22. The highest BCUT2D eigenvalue weighted by Gasteiger charge is 2.25. The summed E-state index contributed by atoms with van der Waals surface area (Å²) in [6.07, 6.45) is 0. The Morgan fingerprint density at radius 3 is 2.57 bits per heavy atom. The van der Waals surface area contributed by atoms with Crippen LogP contribution in [0, 0.1) is 5.82 Å². The van der Waals surface area contributed by atoms with E-state index < -0.39 is 5.82 Å². The van der Waals surface area contributed by atoms with Crippen molar-refractivity contribution in [3.8, 4) is 17.1 Å². The van der Waals surface area contributed by atoms with Gasteiger partial charge in [0.05, 0.1) is 19.2 Å². The monoisotopic (exact) mass is 474 g/mol. The summed E-state index contributed by atoms with van der Waals surface area (Å²) in [6.45, 7) is 2.80. The van der Waals surface area contributed by atoms with Crippen LogP contribution in [0.25, 0.3) is 11.4 Å². The van der Waals surface area contributed by atoms with Gasteiger partial charge in [0.15, 0.2) is 0 Å². The quantitative estimate of drug-likeness (QED) is 0.562. The van der Waals surface area contributed by atoms with Crippen molar-refractivity contribution in [3.05, 3.63) is 64.2 Å². The molecule has 0 aliphatic carbocycles. The van der Waals surface area contributed by atoms with E-state index in [0.29, 0.717) is 48.9 Å². The second kappa shape index (κ2) is 8.93. The smallest absolute Gasteiger partial charge is 0.256 e. The number of rotatable bonds is 5. The van der Waals surface area contributed by atoms with Crippen LogP contribution in [-0.2, 0) is 6.54 Å². The fourth-order valence-corrected chi connectivity index (χ4v) is 3.64. The molecule has 7 nitrogen and oxygen atoms in total. The maximum Gasteiger partial charge on any atom is 0.256 e. The Balaban J connectivity index is 1.33. The molecule has 0 saturated carbocycles. The van der Waals surface area contributed by atoms with E-state index in [2.05, 4.69) is 31.0 Å². The molecule has 1 amide bonds. The van der Waals surface area contributed by atoms with E-state index in [1.54, 1.807) is 18.1 Å². The Hall–Kier alpha value is -2.78. The normalized spacial score (nSPS) is 14.7. The molecular formula is C21H20BrFN4O3. The Morgan fingerprint density at radius 2 is 1.90 bits per heavy atom. The molecule has 156 valence electrons. The fraction of sp³-hybridized carbons (Fsp3) is 0.286. The Morgan fingerprint density at radius 1 is 1.17 bits per heavy atom. The summed E-state index contributed by atoms with van der Waals surface area (Å²) in [7, 11) is 1.62. The van der Waals surface area contributed by atoms with Crippen LogP contribution in [-0.4, -0.2) is 59.1 Å². The summed E-state index contributed by atoms with van der Waals surface area (Å²) in [6, 6.07) is 11.9. The first-order valence-corrected chi connectivity index (χ1v) is 10.3. The Labute approximate surface area is 181 Å². The van der Waals surface area contributed by atoms with Crippen molar-refractivity contribution in [2.45, 2.75) is 6.54 Å². The summed E-state index contributed by atoms with van der Waals surface area (Å²) < 4.78 is 25.2. The maximum absolute atomic E-state index is 14.1. The SMILES string of the molecule is COc1ccc(-c2noc(CN3CCN(C(=O)c4ccc(Br)cc4F)CC3)n2)cc1. The first kappa shape index (κ1) is 20.5. The number of carbonyl (C=O) groups is 1. The van der Waals surface area contributed by atoms with E-state index >= 15 is 0 Å². The third-order valence-electron chi connectivity index (χ3n) is 5.00. The molecule has 1 fully saturated rings. The topological polar surface area (TPSA) is 71.7 Å². The molecule has 1 saturated heterocycles. The van der Waals surface area contributed by atoms with Crippen molar-refractivity contribution in [2.24, 2.45) is 0 Å². The molecule has 0 spiro atoms. The molecule has 2 aromatic carbocycles. The molecule has 0 bridgehead atoms. The van der Waals surface area contributed by atoms with Crippen LogP contribution < -0.4 is 4.74 Å². The van der Waals surface area contributed by atoms with Crippen LogP contribution in [0.15, 0.2) is 51.5 Å². The fourth-order valence-electron chi connectivity index (χ4n) is 3.31. The minimum Gasteiger partial charge on any atom is -0.497 e. The van der Waals surface area contributed by atoms with Crippen LogP contribution >= 0.6 is 15.9 Å². The average molecular weight is 475 g/mol. The third kappa shape index (κ3) is 4.52. The lowest BCUT2D eigenvalue weighted by Crippen LogP contribution is -2.48. The van der Waals surface area contributed by atoms with Crippen molar-refractivity contribution >= 4 is 21.8 Å². The lowest BCUT2D eigenvalue weighted by molar-refractivity contribution is 0.0610. The van der Waals surface area contributed by atoms with Gasteiger partial charge in [0, 0.05) is 36.2 Å². The summed E-state index contributed by atoms with van der Waals surface area (Å²) >= 11 is 3.21. The molecule has 3 aromatic rings. The van der Waals surface area contributed by atoms with Gasteiger partial charge in [-0.25, -0.2) is 4.39 Å². The number of nitrogens with zero attached hydrogens (tertiary/aromatic N) is 4. The van der Waals surface area contributed by atoms with Gasteiger partial charge in [-0.3, -0.25) is 9.69 Å². The Bertz CT molecular complexity index is 1030. The number of halogens is 2. The van der Waals surface area contributed by atoms with Crippen molar-refractivity contribution in [1.82, 2.24) is 19.9 Å². The van der Waals surface area contributed by atoms with Gasteiger partial charge in [-0.05, 0) is 42.5 Å². The molecular weight excluding hydrogens is 455 g/mol. The van der Waals surface area contributed by atoms with E-state index in [0.717, 1.165) is 11.3 Å². The molecule has 30 heavy (non-hydrogen) atoms. The number of amides is 1. The van der Waals surface area contributed by atoms with Crippen LogP contribution in [0.1, 0.15) is 16.2 Å². The second-order valence-corrected chi connectivity index (χ2v) is 7.85. The zero-order valence-electron chi connectivity index (χ0n) is 16.3. The van der Waals surface area contributed by atoms with Crippen molar-refractivity contribution in [2.75, 3.05) is 33.3 Å². The maximum atomic E-state index is 14.1. The predicted octanol–water partition coefficient (Wildman–Crippen LogP) is 3.60. The van der Waals surface area contributed by atoms with E-state index in [9.17, 15) is 9.18 Å². The number of aromatic nitrogens is 2. The molecule has 0 atom stereocenters.